The van der Waals surface area contributed by atoms with Gasteiger partial charge in [0.2, 0.25) is 11.0 Å². The quantitative estimate of drug-likeness (QED) is 0.806. The molecule has 1 unspecified atom stereocenters. The Labute approximate surface area is 128 Å². The number of carbonyl (C=O) groups excluding carboxylic acids is 1. The largest absolute Gasteiger partial charge is 0.494 e. The van der Waals surface area contributed by atoms with Gasteiger partial charge in [0.15, 0.2) is 0 Å². The van der Waals surface area contributed by atoms with E-state index in [2.05, 4.69) is 4.99 Å². The summed E-state index contributed by atoms with van der Waals surface area (Å²) in [6, 6.07) is 7.28. The Morgan fingerprint density at radius 1 is 1.29 bits per heavy atom. The van der Waals surface area contributed by atoms with E-state index in [1.54, 1.807) is 0 Å². The van der Waals surface area contributed by atoms with Crippen LogP contribution in [0.25, 0.3) is 0 Å². The van der Waals surface area contributed by atoms with Crippen molar-refractivity contribution in [2.24, 2.45) is 10.9 Å². The lowest BCUT2D eigenvalue weighted by Gasteiger charge is -2.30. The van der Waals surface area contributed by atoms with Crippen molar-refractivity contribution < 1.29 is 9.53 Å². The monoisotopic (exact) mass is 298 g/mol. The molecule has 0 spiro atoms. The fourth-order valence-corrected chi connectivity index (χ4v) is 2.64. The maximum Gasteiger partial charge on any atom is 0.246 e. The molecule has 106 valence electrons. The molecule has 0 N–H and O–H groups in total. The third kappa shape index (κ3) is 2.52. The summed E-state index contributed by atoms with van der Waals surface area (Å²) in [6.45, 7) is 2.53. The Morgan fingerprint density at radius 2 is 2.05 bits per heavy atom. The summed E-state index contributed by atoms with van der Waals surface area (Å²) in [6.07, 6.45) is 7.37. The Hall–Kier alpha value is -2.27. The Morgan fingerprint density at radius 3 is 2.76 bits per heavy atom. The number of hydrogen-bond acceptors (Lipinski definition) is 3. The number of amides is 1. The predicted molar refractivity (Wildman–Crippen MR) is 86.9 cm³/mol. The first kappa shape index (κ1) is 13.7. The van der Waals surface area contributed by atoms with Crippen LogP contribution in [0, 0.1) is 5.92 Å². The Kier molecular flexibility index (Phi) is 3.66. The minimum absolute atomic E-state index is 0.0743. The average Bonchev–Trinajstić information content (AvgIpc) is 2.49. The number of benzene rings is 1. The number of allylic oxidation sites excluding steroid dienone is 3. The highest BCUT2D eigenvalue weighted by molar-refractivity contribution is 7.80. The standard InChI is InChI=1S/C16H14N2O2S/c1-2-20-12-9-7-11(8-10-12)18-15(19)13-5-3-4-6-14(13)17-16(18)21/h3-10,13H,2H2,1H3. The third-order valence-corrected chi connectivity index (χ3v) is 3.58. The Bertz CT molecular complexity index is 674. The van der Waals surface area contributed by atoms with Crippen molar-refractivity contribution >= 4 is 34.6 Å². The van der Waals surface area contributed by atoms with Gasteiger partial charge in [0.25, 0.3) is 0 Å². The molecule has 0 saturated carbocycles. The molecule has 0 saturated heterocycles. The van der Waals surface area contributed by atoms with E-state index in [9.17, 15) is 4.79 Å². The summed E-state index contributed by atoms with van der Waals surface area (Å²) in [7, 11) is 0. The highest BCUT2D eigenvalue weighted by atomic mass is 32.1. The van der Waals surface area contributed by atoms with E-state index in [1.165, 1.54) is 4.90 Å². The van der Waals surface area contributed by atoms with Crippen molar-refractivity contribution in [2.75, 3.05) is 11.5 Å². The van der Waals surface area contributed by atoms with Crippen LogP contribution >= 0.6 is 12.2 Å². The number of thiocarbonyl (C=S) groups is 1. The van der Waals surface area contributed by atoms with Crippen molar-refractivity contribution in [3.05, 3.63) is 48.6 Å². The number of aliphatic imine (C=N–C) groups is 1. The molecule has 1 atom stereocenters. The van der Waals surface area contributed by atoms with E-state index in [-0.39, 0.29) is 16.9 Å². The van der Waals surface area contributed by atoms with Gasteiger partial charge in [-0.2, -0.15) is 0 Å². The molecule has 1 aromatic carbocycles. The summed E-state index contributed by atoms with van der Waals surface area (Å²) >= 11 is 5.27. The summed E-state index contributed by atoms with van der Waals surface area (Å²) < 4.78 is 5.40. The van der Waals surface area contributed by atoms with E-state index in [0.717, 1.165) is 5.75 Å². The number of rotatable bonds is 3. The molecule has 1 aliphatic heterocycles. The van der Waals surface area contributed by atoms with Crippen LogP contribution in [0.4, 0.5) is 5.69 Å². The normalized spacial score (nSPS) is 20.3. The molecule has 1 aliphatic carbocycles. The molecule has 1 amide bonds. The van der Waals surface area contributed by atoms with Gasteiger partial charge >= 0.3 is 0 Å². The van der Waals surface area contributed by atoms with Gasteiger partial charge in [-0.15, -0.1) is 0 Å². The average molecular weight is 298 g/mol. The Balaban J connectivity index is 1.93. The second-order valence-electron chi connectivity index (χ2n) is 4.64. The SMILES string of the molecule is CCOc1ccc(N2C(=O)C3C=CC=CC3=NC2=S)cc1. The first-order valence-corrected chi connectivity index (χ1v) is 7.16. The highest BCUT2D eigenvalue weighted by Gasteiger charge is 2.34. The minimum atomic E-state index is -0.353. The lowest BCUT2D eigenvalue weighted by atomic mass is 9.95. The third-order valence-electron chi connectivity index (χ3n) is 3.31. The van der Waals surface area contributed by atoms with Gasteiger partial charge in [-0.25, -0.2) is 4.99 Å². The predicted octanol–water partition coefficient (Wildman–Crippen LogP) is 2.90. The summed E-state index contributed by atoms with van der Waals surface area (Å²) in [5, 5.41) is 0.273. The summed E-state index contributed by atoms with van der Waals surface area (Å²) in [5.74, 6) is 0.337. The van der Waals surface area contributed by atoms with Gasteiger partial charge in [-0.1, -0.05) is 18.2 Å². The van der Waals surface area contributed by atoms with Crippen LogP contribution in [0.3, 0.4) is 0 Å². The molecule has 0 aromatic heterocycles. The molecule has 1 heterocycles. The fraction of sp³-hybridized carbons (Fsp3) is 0.188. The van der Waals surface area contributed by atoms with Crippen molar-refractivity contribution in [1.82, 2.24) is 0 Å². The van der Waals surface area contributed by atoms with Crippen LogP contribution in [0.2, 0.25) is 0 Å². The zero-order valence-electron chi connectivity index (χ0n) is 11.5. The first-order valence-electron chi connectivity index (χ1n) is 6.75. The zero-order valence-corrected chi connectivity index (χ0v) is 12.3. The maximum atomic E-state index is 12.6. The van der Waals surface area contributed by atoms with Crippen LogP contribution in [0.1, 0.15) is 6.92 Å². The topological polar surface area (TPSA) is 41.9 Å². The molecule has 4 nitrogen and oxygen atoms in total. The van der Waals surface area contributed by atoms with Crippen molar-refractivity contribution in [2.45, 2.75) is 6.92 Å². The second kappa shape index (κ2) is 5.61. The van der Waals surface area contributed by atoms with Crippen molar-refractivity contribution in [3.63, 3.8) is 0 Å². The van der Waals surface area contributed by atoms with Gasteiger partial charge in [0.1, 0.15) is 5.75 Å². The smallest absolute Gasteiger partial charge is 0.246 e. The number of nitrogens with zero attached hydrogens (tertiary/aromatic N) is 2. The van der Waals surface area contributed by atoms with Gasteiger partial charge in [-0.3, -0.25) is 9.69 Å². The number of hydrogen-bond donors (Lipinski definition) is 0. The van der Waals surface area contributed by atoms with E-state index in [0.29, 0.717) is 18.0 Å². The van der Waals surface area contributed by atoms with Crippen LogP contribution in [0.15, 0.2) is 53.6 Å². The van der Waals surface area contributed by atoms with E-state index in [1.807, 2.05) is 55.5 Å². The summed E-state index contributed by atoms with van der Waals surface area (Å²) in [5.41, 5.74) is 1.41. The molecule has 1 aromatic rings. The lowest BCUT2D eigenvalue weighted by Crippen LogP contribution is -2.46. The van der Waals surface area contributed by atoms with Crippen LogP contribution in [0.5, 0.6) is 5.75 Å². The van der Waals surface area contributed by atoms with E-state index < -0.39 is 0 Å². The van der Waals surface area contributed by atoms with Crippen LogP contribution < -0.4 is 9.64 Å². The van der Waals surface area contributed by atoms with Gasteiger partial charge < -0.3 is 4.74 Å². The zero-order chi connectivity index (χ0) is 14.8. The number of carbonyl (C=O) groups is 1. The van der Waals surface area contributed by atoms with Gasteiger partial charge in [0, 0.05) is 0 Å². The second-order valence-corrected chi connectivity index (χ2v) is 5.01. The number of anilines is 1. The molecular weight excluding hydrogens is 284 g/mol. The molecule has 0 radical (unpaired) electrons. The van der Waals surface area contributed by atoms with E-state index in [4.69, 9.17) is 17.0 Å². The molecule has 21 heavy (non-hydrogen) atoms. The molecular formula is C16H14N2O2S. The molecule has 0 bridgehead atoms. The summed E-state index contributed by atoms with van der Waals surface area (Å²) in [4.78, 5) is 18.5. The molecule has 2 aliphatic rings. The van der Waals surface area contributed by atoms with Crippen molar-refractivity contribution in [3.8, 4) is 5.75 Å². The minimum Gasteiger partial charge on any atom is -0.494 e. The number of fused-ring (bicyclic) bond motifs is 1. The number of ether oxygens (including phenoxy) is 1. The lowest BCUT2D eigenvalue weighted by molar-refractivity contribution is -0.118. The van der Waals surface area contributed by atoms with Crippen molar-refractivity contribution in [1.29, 1.82) is 0 Å². The maximum absolute atomic E-state index is 12.6. The molecule has 0 fully saturated rings. The molecule has 3 rings (SSSR count). The fourth-order valence-electron chi connectivity index (χ4n) is 2.34. The van der Waals surface area contributed by atoms with E-state index >= 15 is 0 Å². The van der Waals surface area contributed by atoms with Gasteiger partial charge in [0.05, 0.1) is 23.9 Å². The van der Waals surface area contributed by atoms with Crippen LogP contribution in [-0.2, 0) is 4.79 Å². The first-order chi connectivity index (χ1) is 10.2. The van der Waals surface area contributed by atoms with Gasteiger partial charge in [-0.05, 0) is 49.5 Å². The van der Waals surface area contributed by atoms with Crippen LogP contribution in [-0.4, -0.2) is 23.3 Å². The molecule has 5 heteroatoms. The highest BCUT2D eigenvalue weighted by Crippen LogP contribution is 2.27.